The van der Waals surface area contributed by atoms with Crippen LogP contribution in [0.25, 0.3) is 0 Å². The number of fused-ring (bicyclic) bond motifs is 1. The maximum absolute atomic E-state index is 11.5. The third-order valence-electron chi connectivity index (χ3n) is 3.14. The molecule has 0 saturated heterocycles. The number of carbonyl (C=O) groups is 1. The second kappa shape index (κ2) is 5.54. The van der Waals surface area contributed by atoms with Crippen molar-refractivity contribution in [1.82, 2.24) is 5.32 Å². The summed E-state index contributed by atoms with van der Waals surface area (Å²) in [6.45, 7) is 0. The molecule has 0 heterocycles. The van der Waals surface area contributed by atoms with Crippen LogP contribution in [0.15, 0.2) is 18.2 Å². The molecule has 1 aromatic rings. The van der Waals surface area contributed by atoms with Gasteiger partial charge in [-0.15, -0.1) is 0 Å². The number of halogens is 1. The molecule has 1 N–H and O–H groups in total. The molecule has 1 aromatic carbocycles. The highest BCUT2D eigenvalue weighted by Crippen LogP contribution is 2.35. The molecule has 0 aromatic heterocycles. The van der Waals surface area contributed by atoms with Crippen molar-refractivity contribution in [3.05, 3.63) is 29.3 Å². The van der Waals surface area contributed by atoms with Crippen LogP contribution in [0.1, 0.15) is 30.0 Å². The number of rotatable bonds is 3. The van der Waals surface area contributed by atoms with Crippen LogP contribution in [0.5, 0.6) is 5.75 Å². The Balaban J connectivity index is 2.28. The molecule has 1 amide bonds. The number of ether oxygens (including phenoxy) is 1. The summed E-state index contributed by atoms with van der Waals surface area (Å²) in [5, 5.41) is 3.38. The molecule has 1 aliphatic rings. The fraction of sp³-hybridized carbons (Fsp3) is 0.462. The summed E-state index contributed by atoms with van der Waals surface area (Å²) in [6, 6.07) is 6.17. The van der Waals surface area contributed by atoms with E-state index in [0.29, 0.717) is 5.33 Å². The van der Waals surface area contributed by atoms with Crippen LogP contribution >= 0.6 is 15.9 Å². The lowest BCUT2D eigenvalue weighted by Gasteiger charge is -2.27. The molecule has 0 bridgehead atoms. The fourth-order valence-corrected chi connectivity index (χ4v) is 2.55. The van der Waals surface area contributed by atoms with E-state index >= 15 is 0 Å². The number of hydrogen-bond donors (Lipinski definition) is 1. The maximum atomic E-state index is 11.5. The van der Waals surface area contributed by atoms with Crippen LogP contribution in [0.4, 0.5) is 0 Å². The van der Waals surface area contributed by atoms with Gasteiger partial charge in [-0.3, -0.25) is 4.79 Å². The molecule has 92 valence electrons. The number of hydrogen-bond acceptors (Lipinski definition) is 2. The average Bonchev–Trinajstić information content (AvgIpc) is 2.38. The van der Waals surface area contributed by atoms with Crippen molar-refractivity contribution in [2.75, 3.05) is 12.4 Å². The quantitative estimate of drug-likeness (QED) is 0.871. The van der Waals surface area contributed by atoms with Crippen LogP contribution in [0.2, 0.25) is 0 Å². The van der Waals surface area contributed by atoms with Gasteiger partial charge in [0, 0.05) is 0 Å². The van der Waals surface area contributed by atoms with Crippen molar-refractivity contribution >= 4 is 21.8 Å². The standard InChI is InChI=1S/C13H16BrNO2/c1-17-12-7-3-4-9-10(12)5-2-6-11(9)15-13(16)8-14/h3-4,7,11H,2,5-6,8H2,1H3,(H,15,16)/t11-/m1/s1. The Morgan fingerprint density at radius 1 is 1.59 bits per heavy atom. The van der Waals surface area contributed by atoms with Crippen LogP contribution in [0.3, 0.4) is 0 Å². The van der Waals surface area contributed by atoms with E-state index in [1.807, 2.05) is 12.1 Å². The Morgan fingerprint density at radius 2 is 2.41 bits per heavy atom. The number of carbonyl (C=O) groups excluding carboxylic acids is 1. The lowest BCUT2D eigenvalue weighted by Crippen LogP contribution is -2.31. The zero-order valence-corrected chi connectivity index (χ0v) is 11.4. The molecule has 0 unspecified atom stereocenters. The van der Waals surface area contributed by atoms with E-state index < -0.39 is 0 Å². The van der Waals surface area contributed by atoms with Gasteiger partial charge in [-0.2, -0.15) is 0 Å². The van der Waals surface area contributed by atoms with Crippen molar-refractivity contribution in [2.24, 2.45) is 0 Å². The largest absolute Gasteiger partial charge is 0.496 e. The molecule has 0 fully saturated rings. The third-order valence-corrected chi connectivity index (χ3v) is 3.65. The fourth-order valence-electron chi connectivity index (χ4n) is 2.39. The second-order valence-corrected chi connectivity index (χ2v) is 4.73. The number of benzene rings is 1. The number of methoxy groups -OCH3 is 1. The highest BCUT2D eigenvalue weighted by atomic mass is 79.9. The first-order valence-corrected chi connectivity index (χ1v) is 6.89. The van der Waals surface area contributed by atoms with Crippen LogP contribution < -0.4 is 10.1 Å². The Morgan fingerprint density at radius 3 is 3.12 bits per heavy atom. The Labute approximate surface area is 110 Å². The first kappa shape index (κ1) is 12.4. The minimum atomic E-state index is 0.0330. The molecule has 17 heavy (non-hydrogen) atoms. The molecule has 0 radical (unpaired) electrons. The third kappa shape index (κ3) is 2.63. The predicted octanol–water partition coefficient (Wildman–Crippen LogP) is 2.58. The Bertz CT molecular complexity index is 420. The summed E-state index contributed by atoms with van der Waals surface area (Å²) < 4.78 is 5.37. The maximum Gasteiger partial charge on any atom is 0.231 e. The summed E-state index contributed by atoms with van der Waals surface area (Å²) >= 11 is 3.17. The summed E-state index contributed by atoms with van der Waals surface area (Å²) in [5.74, 6) is 0.964. The van der Waals surface area contributed by atoms with Crippen molar-refractivity contribution in [3.8, 4) is 5.75 Å². The Kier molecular flexibility index (Phi) is 4.05. The van der Waals surface area contributed by atoms with Gasteiger partial charge in [-0.1, -0.05) is 28.1 Å². The van der Waals surface area contributed by atoms with Gasteiger partial charge in [0.15, 0.2) is 0 Å². The number of amides is 1. The molecule has 0 aliphatic heterocycles. The van der Waals surface area contributed by atoms with Gasteiger partial charge in [-0.25, -0.2) is 0 Å². The van der Waals surface area contributed by atoms with E-state index in [0.717, 1.165) is 25.0 Å². The van der Waals surface area contributed by atoms with Gasteiger partial charge >= 0.3 is 0 Å². The van der Waals surface area contributed by atoms with Crippen LogP contribution in [0, 0.1) is 0 Å². The highest BCUT2D eigenvalue weighted by Gasteiger charge is 2.23. The lowest BCUT2D eigenvalue weighted by atomic mass is 9.87. The monoisotopic (exact) mass is 297 g/mol. The lowest BCUT2D eigenvalue weighted by molar-refractivity contribution is -0.119. The average molecular weight is 298 g/mol. The van der Waals surface area contributed by atoms with Gasteiger partial charge in [0.05, 0.1) is 18.5 Å². The van der Waals surface area contributed by atoms with Gasteiger partial charge in [0.1, 0.15) is 5.75 Å². The molecule has 2 rings (SSSR count). The van der Waals surface area contributed by atoms with Crippen molar-refractivity contribution in [3.63, 3.8) is 0 Å². The van der Waals surface area contributed by atoms with Crippen LogP contribution in [-0.4, -0.2) is 18.3 Å². The van der Waals surface area contributed by atoms with Gasteiger partial charge in [0.2, 0.25) is 5.91 Å². The first-order valence-electron chi connectivity index (χ1n) is 5.77. The van der Waals surface area contributed by atoms with E-state index in [-0.39, 0.29) is 11.9 Å². The zero-order chi connectivity index (χ0) is 12.3. The van der Waals surface area contributed by atoms with Gasteiger partial charge in [-0.05, 0) is 36.5 Å². The minimum absolute atomic E-state index is 0.0330. The van der Waals surface area contributed by atoms with Crippen molar-refractivity contribution in [1.29, 1.82) is 0 Å². The summed E-state index contributed by atoms with van der Waals surface area (Å²) in [5.41, 5.74) is 2.44. The zero-order valence-electron chi connectivity index (χ0n) is 9.83. The molecule has 0 spiro atoms. The smallest absolute Gasteiger partial charge is 0.231 e. The minimum Gasteiger partial charge on any atom is -0.496 e. The van der Waals surface area contributed by atoms with Crippen molar-refractivity contribution in [2.45, 2.75) is 25.3 Å². The molecule has 3 nitrogen and oxygen atoms in total. The normalized spacial score (nSPS) is 18.4. The first-order chi connectivity index (χ1) is 8.26. The van der Waals surface area contributed by atoms with E-state index in [9.17, 15) is 4.79 Å². The van der Waals surface area contributed by atoms with E-state index in [2.05, 4.69) is 27.3 Å². The van der Waals surface area contributed by atoms with E-state index in [4.69, 9.17) is 4.74 Å². The van der Waals surface area contributed by atoms with E-state index in [1.54, 1.807) is 7.11 Å². The summed E-state index contributed by atoms with van der Waals surface area (Å²) in [4.78, 5) is 11.5. The molecule has 4 heteroatoms. The second-order valence-electron chi connectivity index (χ2n) is 4.17. The van der Waals surface area contributed by atoms with Crippen molar-refractivity contribution < 1.29 is 9.53 Å². The van der Waals surface area contributed by atoms with Gasteiger partial charge in [0.25, 0.3) is 0 Å². The topological polar surface area (TPSA) is 38.3 Å². The SMILES string of the molecule is COc1cccc2c1CCC[C@H]2NC(=O)CBr. The number of nitrogens with one attached hydrogen (secondary N) is 1. The molecular weight excluding hydrogens is 282 g/mol. The number of alkyl halides is 1. The highest BCUT2D eigenvalue weighted by molar-refractivity contribution is 9.09. The molecule has 1 aliphatic carbocycles. The predicted molar refractivity (Wildman–Crippen MR) is 70.6 cm³/mol. The molecule has 1 atom stereocenters. The summed E-state index contributed by atoms with van der Waals surface area (Å²) in [6.07, 6.45) is 3.11. The van der Waals surface area contributed by atoms with E-state index in [1.165, 1.54) is 11.1 Å². The van der Waals surface area contributed by atoms with Crippen LogP contribution in [-0.2, 0) is 11.2 Å². The molecule has 0 saturated carbocycles. The Hall–Kier alpha value is -1.03. The summed E-state index contributed by atoms with van der Waals surface area (Å²) in [7, 11) is 1.69. The molecular formula is C13H16BrNO2. The van der Waals surface area contributed by atoms with Gasteiger partial charge < -0.3 is 10.1 Å².